The second-order valence-corrected chi connectivity index (χ2v) is 4.90. The van der Waals surface area contributed by atoms with Crippen LogP contribution < -0.4 is 5.32 Å². The highest BCUT2D eigenvalue weighted by Gasteiger charge is 2.20. The fraction of sp³-hybridized carbons (Fsp3) is 0.294. The van der Waals surface area contributed by atoms with Gasteiger partial charge in [0.2, 0.25) is 0 Å². The van der Waals surface area contributed by atoms with Gasteiger partial charge in [-0.25, -0.2) is 4.79 Å². The normalized spacial score (nSPS) is 10.5. The van der Waals surface area contributed by atoms with Crippen LogP contribution in [0.5, 0.6) is 0 Å². The molecule has 1 aromatic heterocycles. The van der Waals surface area contributed by atoms with E-state index < -0.39 is 11.9 Å². The Morgan fingerprint density at radius 2 is 2.04 bits per heavy atom. The number of benzene rings is 1. The number of carbonyl (C=O) groups is 2. The molecule has 0 saturated carbocycles. The summed E-state index contributed by atoms with van der Waals surface area (Å²) < 4.78 is 10.7. The SMILES string of the molecule is CCOCc1cccc(NC(=O)c2cc(C(=O)O)c(CC)o2)c1. The summed E-state index contributed by atoms with van der Waals surface area (Å²) in [5.41, 5.74) is 1.55. The van der Waals surface area contributed by atoms with Gasteiger partial charge in [0.25, 0.3) is 5.91 Å². The highest BCUT2D eigenvalue weighted by Crippen LogP contribution is 2.19. The molecule has 2 aromatic rings. The molecule has 0 aliphatic rings. The summed E-state index contributed by atoms with van der Waals surface area (Å²) in [6, 6.07) is 8.51. The number of aryl methyl sites for hydroxylation is 1. The van der Waals surface area contributed by atoms with E-state index in [9.17, 15) is 9.59 Å². The number of anilines is 1. The van der Waals surface area contributed by atoms with Gasteiger partial charge in [-0.05, 0) is 24.6 Å². The van der Waals surface area contributed by atoms with Crippen LogP contribution in [-0.4, -0.2) is 23.6 Å². The zero-order chi connectivity index (χ0) is 16.8. The molecule has 0 spiro atoms. The maximum atomic E-state index is 12.2. The van der Waals surface area contributed by atoms with Crippen molar-refractivity contribution >= 4 is 17.6 Å². The number of ether oxygens (including phenoxy) is 1. The summed E-state index contributed by atoms with van der Waals surface area (Å²) >= 11 is 0. The van der Waals surface area contributed by atoms with E-state index in [-0.39, 0.29) is 17.1 Å². The highest BCUT2D eigenvalue weighted by atomic mass is 16.5. The number of aromatic carboxylic acids is 1. The zero-order valence-corrected chi connectivity index (χ0v) is 13.1. The van der Waals surface area contributed by atoms with Crippen molar-refractivity contribution in [2.24, 2.45) is 0 Å². The first-order chi connectivity index (χ1) is 11.0. The monoisotopic (exact) mass is 317 g/mol. The summed E-state index contributed by atoms with van der Waals surface area (Å²) in [5.74, 6) is -1.33. The Morgan fingerprint density at radius 1 is 1.26 bits per heavy atom. The van der Waals surface area contributed by atoms with Gasteiger partial charge in [0.05, 0.1) is 6.61 Å². The standard InChI is InChI=1S/C17H19NO5/c1-3-14-13(17(20)21)9-15(23-14)16(19)18-12-7-5-6-11(8-12)10-22-4-2/h5-9H,3-4,10H2,1-2H3,(H,18,19)(H,20,21). The molecule has 1 aromatic carbocycles. The van der Waals surface area contributed by atoms with Crippen molar-refractivity contribution < 1.29 is 23.8 Å². The number of carbonyl (C=O) groups excluding carboxylic acids is 1. The molecule has 0 bridgehead atoms. The second kappa shape index (κ2) is 7.60. The van der Waals surface area contributed by atoms with Gasteiger partial charge in [-0.2, -0.15) is 0 Å². The first-order valence-electron chi connectivity index (χ1n) is 7.39. The lowest BCUT2D eigenvalue weighted by Gasteiger charge is -2.06. The van der Waals surface area contributed by atoms with Crippen LogP contribution in [0.25, 0.3) is 0 Å². The molecule has 0 atom stereocenters. The Kier molecular flexibility index (Phi) is 5.54. The van der Waals surface area contributed by atoms with Crippen LogP contribution in [0.3, 0.4) is 0 Å². The highest BCUT2D eigenvalue weighted by molar-refractivity contribution is 6.04. The van der Waals surface area contributed by atoms with Gasteiger partial charge in [0, 0.05) is 24.8 Å². The molecule has 1 amide bonds. The van der Waals surface area contributed by atoms with Gasteiger partial charge in [-0.15, -0.1) is 0 Å². The second-order valence-electron chi connectivity index (χ2n) is 4.90. The van der Waals surface area contributed by atoms with Crippen molar-refractivity contribution in [1.29, 1.82) is 0 Å². The van der Waals surface area contributed by atoms with Gasteiger partial charge < -0.3 is 19.6 Å². The Bertz CT molecular complexity index is 705. The molecule has 23 heavy (non-hydrogen) atoms. The van der Waals surface area contributed by atoms with Gasteiger partial charge >= 0.3 is 5.97 Å². The molecule has 6 nitrogen and oxygen atoms in total. The Labute approximate surface area is 134 Å². The predicted octanol–water partition coefficient (Wildman–Crippen LogP) is 3.33. The molecule has 122 valence electrons. The van der Waals surface area contributed by atoms with E-state index in [4.69, 9.17) is 14.3 Å². The number of furan rings is 1. The molecule has 1 heterocycles. The first kappa shape index (κ1) is 16.8. The van der Waals surface area contributed by atoms with Crippen LogP contribution in [0.15, 0.2) is 34.7 Å². The number of carboxylic acid groups (broad SMARTS) is 1. The molecule has 0 fully saturated rings. The quantitative estimate of drug-likeness (QED) is 0.817. The molecule has 6 heteroatoms. The van der Waals surface area contributed by atoms with Gasteiger partial charge in [-0.1, -0.05) is 19.1 Å². The summed E-state index contributed by atoms with van der Waals surface area (Å²) in [6.45, 7) is 4.75. The molecule has 0 unspecified atom stereocenters. The lowest BCUT2D eigenvalue weighted by Crippen LogP contribution is -2.11. The van der Waals surface area contributed by atoms with Crippen LogP contribution in [0, 0.1) is 0 Å². The van der Waals surface area contributed by atoms with Crippen molar-refractivity contribution in [2.45, 2.75) is 26.9 Å². The fourth-order valence-electron chi connectivity index (χ4n) is 2.14. The Morgan fingerprint density at radius 3 is 2.65 bits per heavy atom. The van der Waals surface area contributed by atoms with Gasteiger partial charge in [0.15, 0.2) is 5.76 Å². The number of hydrogen-bond acceptors (Lipinski definition) is 4. The third kappa shape index (κ3) is 4.20. The number of hydrogen-bond donors (Lipinski definition) is 2. The van der Waals surface area contributed by atoms with Crippen LogP contribution in [0.2, 0.25) is 0 Å². The van der Waals surface area contributed by atoms with E-state index in [1.807, 2.05) is 19.1 Å². The van der Waals surface area contributed by atoms with Crippen LogP contribution >= 0.6 is 0 Å². The molecule has 2 N–H and O–H groups in total. The minimum atomic E-state index is -1.11. The summed E-state index contributed by atoms with van der Waals surface area (Å²) in [7, 11) is 0. The minimum Gasteiger partial charge on any atom is -0.478 e. The topological polar surface area (TPSA) is 88.8 Å². The summed E-state index contributed by atoms with van der Waals surface area (Å²) in [4.78, 5) is 23.3. The molecule has 0 aliphatic heterocycles. The van der Waals surface area contributed by atoms with Crippen molar-refractivity contribution in [1.82, 2.24) is 0 Å². The fourth-order valence-corrected chi connectivity index (χ4v) is 2.14. The first-order valence-corrected chi connectivity index (χ1v) is 7.39. The smallest absolute Gasteiger partial charge is 0.339 e. The molecule has 0 radical (unpaired) electrons. The number of amides is 1. The average Bonchev–Trinajstić information content (AvgIpc) is 2.98. The van der Waals surface area contributed by atoms with E-state index in [1.54, 1.807) is 19.1 Å². The zero-order valence-electron chi connectivity index (χ0n) is 13.1. The lowest BCUT2D eigenvalue weighted by molar-refractivity contribution is 0.0694. The lowest BCUT2D eigenvalue weighted by atomic mass is 10.2. The van der Waals surface area contributed by atoms with Gasteiger partial charge in [0.1, 0.15) is 11.3 Å². The molecular formula is C17H19NO5. The number of rotatable bonds is 7. The van der Waals surface area contributed by atoms with Crippen molar-refractivity contribution in [3.05, 3.63) is 53.0 Å². The molecule has 0 saturated heterocycles. The maximum absolute atomic E-state index is 12.2. The number of nitrogens with one attached hydrogen (secondary N) is 1. The minimum absolute atomic E-state index is 0.0164. The van der Waals surface area contributed by atoms with E-state index in [2.05, 4.69) is 5.32 Å². The summed E-state index contributed by atoms with van der Waals surface area (Å²) in [6.07, 6.45) is 0.402. The van der Waals surface area contributed by atoms with Gasteiger partial charge in [-0.3, -0.25) is 4.79 Å². The molecular weight excluding hydrogens is 298 g/mol. The maximum Gasteiger partial charge on any atom is 0.339 e. The molecule has 0 aliphatic carbocycles. The van der Waals surface area contributed by atoms with E-state index in [1.165, 1.54) is 6.07 Å². The van der Waals surface area contributed by atoms with Crippen molar-refractivity contribution in [3.8, 4) is 0 Å². The predicted molar refractivity (Wildman–Crippen MR) is 84.8 cm³/mol. The van der Waals surface area contributed by atoms with Crippen LogP contribution in [0.1, 0.15) is 46.1 Å². The Hall–Kier alpha value is -2.60. The van der Waals surface area contributed by atoms with Crippen molar-refractivity contribution in [2.75, 3.05) is 11.9 Å². The van der Waals surface area contributed by atoms with Crippen LogP contribution in [0.4, 0.5) is 5.69 Å². The van der Waals surface area contributed by atoms with E-state index in [0.717, 1.165) is 5.56 Å². The average molecular weight is 317 g/mol. The number of carboxylic acids is 1. The third-order valence-corrected chi connectivity index (χ3v) is 3.24. The van der Waals surface area contributed by atoms with Crippen LogP contribution in [-0.2, 0) is 17.8 Å². The summed E-state index contributed by atoms with van der Waals surface area (Å²) in [5, 5.41) is 11.8. The third-order valence-electron chi connectivity index (χ3n) is 3.24. The van der Waals surface area contributed by atoms with E-state index >= 15 is 0 Å². The van der Waals surface area contributed by atoms with Crippen molar-refractivity contribution in [3.63, 3.8) is 0 Å². The molecule has 2 rings (SSSR count). The largest absolute Gasteiger partial charge is 0.478 e. The van der Waals surface area contributed by atoms with E-state index in [0.29, 0.717) is 25.3 Å². The Balaban J connectivity index is 2.14.